The lowest BCUT2D eigenvalue weighted by molar-refractivity contribution is -0.314. The summed E-state index contributed by atoms with van der Waals surface area (Å²) in [6.07, 6.45) is 5.48. The molecular formula is C22H23ClN2O2. The van der Waals surface area contributed by atoms with Gasteiger partial charge in [0.15, 0.2) is 0 Å². The maximum absolute atomic E-state index is 6.31. The quantitative estimate of drug-likeness (QED) is 0.627. The lowest BCUT2D eigenvalue weighted by atomic mass is 9.92. The number of aromatic nitrogens is 2. The Hall–Kier alpha value is -2.14. The van der Waals surface area contributed by atoms with E-state index in [9.17, 15) is 0 Å². The van der Waals surface area contributed by atoms with E-state index in [1.165, 1.54) is 0 Å². The summed E-state index contributed by atoms with van der Waals surface area (Å²) in [4.78, 5) is 4.14. The fourth-order valence-corrected chi connectivity index (χ4v) is 3.36. The zero-order chi connectivity index (χ0) is 18.9. The highest BCUT2D eigenvalue weighted by Crippen LogP contribution is 2.38. The highest BCUT2D eigenvalue weighted by Gasteiger charge is 2.42. The third-order valence-electron chi connectivity index (χ3n) is 4.84. The normalized spacial score (nSPS) is 18.3. The Morgan fingerprint density at radius 2 is 1.56 bits per heavy atom. The monoisotopic (exact) mass is 382 g/mol. The Kier molecular flexibility index (Phi) is 4.81. The largest absolute Gasteiger partial charge is 0.344 e. The summed E-state index contributed by atoms with van der Waals surface area (Å²) < 4.78 is 14.6. The topological polar surface area (TPSA) is 36.3 Å². The first-order valence-electron chi connectivity index (χ1n) is 9.06. The molecule has 2 heterocycles. The molecule has 1 fully saturated rings. The molecule has 0 unspecified atom stereocenters. The maximum atomic E-state index is 6.31. The molecule has 1 saturated heterocycles. The van der Waals surface area contributed by atoms with E-state index in [2.05, 4.69) is 43.1 Å². The molecule has 1 aromatic heterocycles. The van der Waals surface area contributed by atoms with Gasteiger partial charge in [0.25, 0.3) is 0 Å². The molecule has 27 heavy (non-hydrogen) atoms. The summed E-state index contributed by atoms with van der Waals surface area (Å²) in [5.41, 5.74) is 3.26. The molecule has 1 aliphatic rings. The lowest BCUT2D eigenvalue weighted by Crippen LogP contribution is -2.47. The second kappa shape index (κ2) is 7.12. The molecule has 0 spiro atoms. The summed E-state index contributed by atoms with van der Waals surface area (Å²) in [5, 5.41) is 0.737. The summed E-state index contributed by atoms with van der Waals surface area (Å²) in [7, 11) is 0. The first kappa shape index (κ1) is 18.2. The number of rotatable bonds is 4. The maximum Gasteiger partial charge on any atom is 0.213 e. The van der Waals surface area contributed by atoms with Crippen LogP contribution in [0.25, 0.3) is 11.1 Å². The van der Waals surface area contributed by atoms with Crippen molar-refractivity contribution in [1.82, 2.24) is 9.55 Å². The number of nitrogens with zero attached hydrogens (tertiary/aromatic N) is 2. The van der Waals surface area contributed by atoms with Crippen LogP contribution in [0.2, 0.25) is 5.02 Å². The summed E-state index contributed by atoms with van der Waals surface area (Å²) in [5.74, 6) is -0.811. The van der Waals surface area contributed by atoms with Crippen LogP contribution in [0, 0.1) is 5.41 Å². The van der Waals surface area contributed by atoms with Gasteiger partial charge in [-0.2, -0.15) is 0 Å². The zero-order valence-corrected chi connectivity index (χ0v) is 16.3. The average Bonchev–Trinajstić information content (AvgIpc) is 3.17. The summed E-state index contributed by atoms with van der Waals surface area (Å²) in [6, 6.07) is 16.2. The van der Waals surface area contributed by atoms with E-state index in [1.54, 1.807) is 12.5 Å². The van der Waals surface area contributed by atoms with Gasteiger partial charge in [-0.3, -0.25) is 0 Å². The van der Waals surface area contributed by atoms with Crippen LogP contribution >= 0.6 is 11.6 Å². The van der Waals surface area contributed by atoms with Gasteiger partial charge >= 0.3 is 0 Å². The minimum atomic E-state index is -0.811. The second-order valence-electron chi connectivity index (χ2n) is 7.81. The van der Waals surface area contributed by atoms with Gasteiger partial charge in [0.05, 0.1) is 26.1 Å². The van der Waals surface area contributed by atoms with Gasteiger partial charge in [-0.15, -0.1) is 0 Å². The van der Waals surface area contributed by atoms with Crippen molar-refractivity contribution in [3.05, 3.63) is 77.8 Å². The minimum absolute atomic E-state index is 0.00167. The number of hydrogen-bond donors (Lipinski definition) is 0. The lowest BCUT2D eigenvalue weighted by Gasteiger charge is -2.43. The third-order valence-corrected chi connectivity index (χ3v) is 5.10. The van der Waals surface area contributed by atoms with Crippen LogP contribution in [-0.2, 0) is 21.8 Å². The Morgan fingerprint density at radius 3 is 2.11 bits per heavy atom. The molecule has 0 amide bonds. The fourth-order valence-electron chi connectivity index (χ4n) is 3.24. The highest BCUT2D eigenvalue weighted by atomic mass is 35.5. The Labute approximate surface area is 164 Å². The van der Waals surface area contributed by atoms with E-state index >= 15 is 0 Å². The second-order valence-corrected chi connectivity index (χ2v) is 8.25. The van der Waals surface area contributed by atoms with Crippen molar-refractivity contribution in [3.63, 3.8) is 0 Å². The number of ether oxygens (including phenoxy) is 2. The molecule has 0 bridgehead atoms. The van der Waals surface area contributed by atoms with Crippen LogP contribution in [-0.4, -0.2) is 22.8 Å². The van der Waals surface area contributed by atoms with Gasteiger partial charge in [0.2, 0.25) is 5.79 Å². The van der Waals surface area contributed by atoms with Crippen LogP contribution in [0.5, 0.6) is 0 Å². The van der Waals surface area contributed by atoms with Crippen LogP contribution in [0.3, 0.4) is 0 Å². The van der Waals surface area contributed by atoms with Gasteiger partial charge in [0, 0.05) is 28.4 Å². The Balaban J connectivity index is 1.64. The summed E-state index contributed by atoms with van der Waals surface area (Å²) >= 11 is 5.99. The molecule has 3 aromatic rings. The third kappa shape index (κ3) is 3.93. The van der Waals surface area contributed by atoms with Gasteiger partial charge in [-0.05, 0) is 23.3 Å². The Bertz CT molecular complexity index is 877. The molecule has 4 nitrogen and oxygen atoms in total. The van der Waals surface area contributed by atoms with Crippen LogP contribution in [0.4, 0.5) is 0 Å². The zero-order valence-electron chi connectivity index (χ0n) is 15.6. The van der Waals surface area contributed by atoms with Crippen molar-refractivity contribution in [2.75, 3.05) is 13.2 Å². The summed E-state index contributed by atoms with van der Waals surface area (Å²) in [6.45, 7) is 6.14. The molecular weight excluding hydrogens is 360 g/mol. The van der Waals surface area contributed by atoms with E-state index < -0.39 is 5.79 Å². The highest BCUT2D eigenvalue weighted by molar-refractivity contribution is 6.30. The van der Waals surface area contributed by atoms with Crippen molar-refractivity contribution in [1.29, 1.82) is 0 Å². The average molecular weight is 383 g/mol. The molecule has 140 valence electrons. The Morgan fingerprint density at radius 1 is 0.963 bits per heavy atom. The van der Waals surface area contributed by atoms with Crippen molar-refractivity contribution in [2.24, 2.45) is 5.41 Å². The van der Waals surface area contributed by atoms with Gasteiger partial charge in [-0.25, -0.2) is 4.98 Å². The number of hydrogen-bond acceptors (Lipinski definition) is 3. The molecule has 2 aromatic carbocycles. The molecule has 0 radical (unpaired) electrons. The van der Waals surface area contributed by atoms with Gasteiger partial charge < -0.3 is 14.0 Å². The SMILES string of the molecule is CC1(C)COC(Cn2ccnc2)(c2ccc(-c3ccc(Cl)cc3)cc2)OC1. The molecule has 0 saturated carbocycles. The molecule has 4 rings (SSSR count). The molecule has 0 N–H and O–H groups in total. The number of imidazole rings is 1. The first-order valence-corrected chi connectivity index (χ1v) is 9.44. The minimum Gasteiger partial charge on any atom is -0.344 e. The van der Waals surface area contributed by atoms with Crippen molar-refractivity contribution >= 4 is 11.6 Å². The van der Waals surface area contributed by atoms with Crippen molar-refractivity contribution in [2.45, 2.75) is 26.2 Å². The van der Waals surface area contributed by atoms with E-state index in [4.69, 9.17) is 21.1 Å². The molecule has 5 heteroatoms. The van der Waals surface area contributed by atoms with E-state index in [0.29, 0.717) is 19.8 Å². The molecule has 1 aliphatic heterocycles. The van der Waals surface area contributed by atoms with Crippen LogP contribution in [0.15, 0.2) is 67.3 Å². The first-order chi connectivity index (χ1) is 13.0. The van der Waals surface area contributed by atoms with E-state index in [0.717, 1.165) is 21.7 Å². The van der Waals surface area contributed by atoms with E-state index in [1.807, 2.05) is 35.0 Å². The van der Waals surface area contributed by atoms with Crippen molar-refractivity contribution in [3.8, 4) is 11.1 Å². The number of benzene rings is 2. The smallest absolute Gasteiger partial charge is 0.213 e. The van der Waals surface area contributed by atoms with Gasteiger partial charge in [-0.1, -0.05) is 61.8 Å². The predicted molar refractivity (Wildman–Crippen MR) is 106 cm³/mol. The fraction of sp³-hybridized carbons (Fsp3) is 0.318. The van der Waals surface area contributed by atoms with Crippen LogP contribution in [0.1, 0.15) is 19.4 Å². The molecule has 0 atom stereocenters. The van der Waals surface area contributed by atoms with Gasteiger partial charge in [0.1, 0.15) is 0 Å². The molecule has 0 aliphatic carbocycles. The standard InChI is InChI=1S/C22H23ClN2O2/c1-21(2)14-26-22(27-15-21,13-25-12-11-24-16-25)19-7-3-17(4-8-19)18-5-9-20(23)10-6-18/h3-12,16H,13-15H2,1-2H3. The predicted octanol–water partition coefficient (Wildman–Crippen LogP) is 5.13. The van der Waals surface area contributed by atoms with Crippen LogP contribution < -0.4 is 0 Å². The number of halogens is 1. The van der Waals surface area contributed by atoms with Crippen molar-refractivity contribution < 1.29 is 9.47 Å². The van der Waals surface area contributed by atoms with E-state index in [-0.39, 0.29) is 5.41 Å².